The molecule has 1 heterocycles. The van der Waals surface area contributed by atoms with Crippen LogP contribution in [-0.4, -0.2) is 9.97 Å². The molecular formula is C14H16Cl2N4. The number of hydrogen-bond acceptors (Lipinski definition) is 4. The van der Waals surface area contributed by atoms with Crippen molar-refractivity contribution in [3.63, 3.8) is 0 Å². The van der Waals surface area contributed by atoms with E-state index in [0.29, 0.717) is 27.5 Å². The van der Waals surface area contributed by atoms with Gasteiger partial charge in [-0.3, -0.25) is 0 Å². The van der Waals surface area contributed by atoms with E-state index in [1.54, 1.807) is 18.2 Å². The molecule has 20 heavy (non-hydrogen) atoms. The van der Waals surface area contributed by atoms with Gasteiger partial charge in [0.25, 0.3) is 0 Å². The minimum absolute atomic E-state index is 0.194. The van der Waals surface area contributed by atoms with E-state index in [1.807, 2.05) is 20.8 Å². The lowest BCUT2D eigenvalue weighted by Crippen LogP contribution is -2.08. The average molecular weight is 311 g/mol. The number of nitrogens with one attached hydrogen (secondary N) is 1. The molecule has 0 spiro atoms. The third-order valence-electron chi connectivity index (χ3n) is 2.90. The molecule has 0 radical (unpaired) electrons. The first-order valence-corrected chi connectivity index (χ1v) is 7.00. The van der Waals surface area contributed by atoms with E-state index in [9.17, 15) is 0 Å². The van der Waals surface area contributed by atoms with Crippen molar-refractivity contribution in [2.45, 2.75) is 26.7 Å². The van der Waals surface area contributed by atoms with Crippen LogP contribution >= 0.6 is 23.2 Å². The Morgan fingerprint density at radius 2 is 1.90 bits per heavy atom. The van der Waals surface area contributed by atoms with Gasteiger partial charge in [0.15, 0.2) is 0 Å². The first kappa shape index (κ1) is 14.9. The first-order valence-electron chi connectivity index (χ1n) is 6.24. The summed E-state index contributed by atoms with van der Waals surface area (Å²) in [5, 5.41) is 4.30. The van der Waals surface area contributed by atoms with Crippen molar-refractivity contribution >= 4 is 40.5 Å². The minimum atomic E-state index is 0.194. The Labute approximate surface area is 128 Å². The molecule has 0 unspecified atom stereocenters. The van der Waals surface area contributed by atoms with Crippen LogP contribution in [0.1, 0.15) is 31.2 Å². The standard InChI is InChI=1S/C14H16Cl2N4/c1-7(2)13-19-12(17)8(3)14(20-13)18-11-5-4-9(15)6-10(11)16/h4-7H,1-3H3,(H3,17,18,19,20). The summed E-state index contributed by atoms with van der Waals surface area (Å²) in [4.78, 5) is 8.78. The molecule has 2 aromatic rings. The van der Waals surface area contributed by atoms with E-state index in [4.69, 9.17) is 28.9 Å². The second-order valence-corrected chi connectivity index (χ2v) is 5.69. The van der Waals surface area contributed by atoms with Gasteiger partial charge in [0.1, 0.15) is 17.5 Å². The topological polar surface area (TPSA) is 63.8 Å². The second-order valence-electron chi connectivity index (χ2n) is 4.84. The number of hydrogen-bond donors (Lipinski definition) is 2. The smallest absolute Gasteiger partial charge is 0.139 e. The SMILES string of the molecule is Cc1c(N)nc(C(C)C)nc1Nc1ccc(Cl)cc1Cl. The number of nitrogens with two attached hydrogens (primary N) is 1. The second kappa shape index (κ2) is 5.85. The van der Waals surface area contributed by atoms with Gasteiger partial charge < -0.3 is 11.1 Å². The van der Waals surface area contributed by atoms with Crippen LogP contribution in [0.25, 0.3) is 0 Å². The summed E-state index contributed by atoms with van der Waals surface area (Å²) >= 11 is 12.0. The van der Waals surface area contributed by atoms with Crippen LogP contribution in [0.4, 0.5) is 17.3 Å². The Morgan fingerprint density at radius 1 is 1.20 bits per heavy atom. The maximum Gasteiger partial charge on any atom is 0.139 e. The molecule has 0 bridgehead atoms. The van der Waals surface area contributed by atoms with Gasteiger partial charge in [-0.25, -0.2) is 9.97 Å². The van der Waals surface area contributed by atoms with Gasteiger partial charge in [-0.2, -0.15) is 0 Å². The summed E-state index contributed by atoms with van der Waals surface area (Å²) in [5.41, 5.74) is 7.45. The molecule has 0 saturated heterocycles. The zero-order valence-electron chi connectivity index (χ0n) is 11.5. The normalized spacial score (nSPS) is 10.9. The summed E-state index contributed by atoms with van der Waals surface area (Å²) in [6.45, 7) is 5.90. The minimum Gasteiger partial charge on any atom is -0.383 e. The zero-order valence-corrected chi connectivity index (χ0v) is 13.0. The average Bonchev–Trinajstić information content (AvgIpc) is 2.37. The van der Waals surface area contributed by atoms with Gasteiger partial charge in [0.05, 0.1) is 10.7 Å². The Hall–Kier alpha value is -1.52. The predicted molar refractivity (Wildman–Crippen MR) is 85.0 cm³/mol. The van der Waals surface area contributed by atoms with Crippen LogP contribution in [-0.2, 0) is 0 Å². The van der Waals surface area contributed by atoms with E-state index < -0.39 is 0 Å². The number of nitrogens with zero attached hydrogens (tertiary/aromatic N) is 2. The third kappa shape index (κ3) is 3.14. The van der Waals surface area contributed by atoms with Gasteiger partial charge >= 0.3 is 0 Å². The molecule has 0 fully saturated rings. The quantitative estimate of drug-likeness (QED) is 0.873. The first-order chi connectivity index (χ1) is 9.38. The molecule has 0 amide bonds. The van der Waals surface area contributed by atoms with E-state index in [1.165, 1.54) is 0 Å². The number of aromatic nitrogens is 2. The lowest BCUT2D eigenvalue weighted by molar-refractivity contribution is 0.776. The van der Waals surface area contributed by atoms with Crippen molar-refractivity contribution in [3.05, 3.63) is 39.6 Å². The fourth-order valence-electron chi connectivity index (χ4n) is 1.65. The zero-order chi connectivity index (χ0) is 14.9. The Bertz CT molecular complexity index is 641. The highest BCUT2D eigenvalue weighted by molar-refractivity contribution is 6.36. The fraction of sp³-hybridized carbons (Fsp3) is 0.286. The maximum absolute atomic E-state index is 6.15. The number of benzene rings is 1. The lowest BCUT2D eigenvalue weighted by Gasteiger charge is -2.14. The highest BCUT2D eigenvalue weighted by Gasteiger charge is 2.12. The summed E-state index contributed by atoms with van der Waals surface area (Å²) in [5.74, 6) is 2.02. The Kier molecular flexibility index (Phi) is 4.35. The third-order valence-corrected chi connectivity index (χ3v) is 3.45. The Morgan fingerprint density at radius 3 is 2.50 bits per heavy atom. The van der Waals surface area contributed by atoms with Crippen LogP contribution in [0.2, 0.25) is 10.0 Å². The summed E-state index contributed by atoms with van der Waals surface area (Å²) in [6, 6.07) is 5.24. The van der Waals surface area contributed by atoms with Gasteiger partial charge in [0.2, 0.25) is 0 Å². The summed E-state index contributed by atoms with van der Waals surface area (Å²) < 4.78 is 0. The number of anilines is 3. The molecule has 106 valence electrons. The monoisotopic (exact) mass is 310 g/mol. The highest BCUT2D eigenvalue weighted by Crippen LogP contribution is 2.30. The fourth-order valence-corrected chi connectivity index (χ4v) is 2.11. The molecule has 3 N–H and O–H groups in total. The van der Waals surface area contributed by atoms with E-state index in [0.717, 1.165) is 11.3 Å². The van der Waals surface area contributed by atoms with Crippen molar-refractivity contribution in [3.8, 4) is 0 Å². The van der Waals surface area contributed by atoms with E-state index in [-0.39, 0.29) is 5.92 Å². The predicted octanol–water partition coefficient (Wildman–Crippen LogP) is 4.54. The number of rotatable bonds is 3. The highest BCUT2D eigenvalue weighted by atomic mass is 35.5. The van der Waals surface area contributed by atoms with Crippen molar-refractivity contribution in [2.75, 3.05) is 11.1 Å². The van der Waals surface area contributed by atoms with Gasteiger partial charge in [-0.1, -0.05) is 37.0 Å². The molecule has 1 aromatic carbocycles. The summed E-state index contributed by atoms with van der Waals surface area (Å²) in [6.07, 6.45) is 0. The number of nitrogen functional groups attached to an aromatic ring is 1. The Balaban J connectivity index is 2.42. The molecule has 0 aliphatic rings. The molecule has 0 atom stereocenters. The summed E-state index contributed by atoms with van der Waals surface area (Å²) in [7, 11) is 0. The molecule has 0 aliphatic carbocycles. The van der Waals surface area contributed by atoms with Crippen LogP contribution in [0, 0.1) is 6.92 Å². The van der Waals surface area contributed by atoms with Crippen LogP contribution < -0.4 is 11.1 Å². The van der Waals surface area contributed by atoms with E-state index in [2.05, 4.69) is 15.3 Å². The maximum atomic E-state index is 6.15. The molecular weight excluding hydrogens is 295 g/mol. The van der Waals surface area contributed by atoms with Crippen molar-refractivity contribution in [1.29, 1.82) is 0 Å². The largest absolute Gasteiger partial charge is 0.383 e. The van der Waals surface area contributed by atoms with Crippen LogP contribution in [0.5, 0.6) is 0 Å². The molecule has 0 aliphatic heterocycles. The van der Waals surface area contributed by atoms with Crippen molar-refractivity contribution < 1.29 is 0 Å². The van der Waals surface area contributed by atoms with E-state index >= 15 is 0 Å². The molecule has 2 rings (SSSR count). The van der Waals surface area contributed by atoms with Crippen molar-refractivity contribution in [1.82, 2.24) is 9.97 Å². The van der Waals surface area contributed by atoms with Crippen molar-refractivity contribution in [2.24, 2.45) is 0 Å². The molecule has 1 aromatic heterocycles. The van der Waals surface area contributed by atoms with Crippen LogP contribution in [0.15, 0.2) is 18.2 Å². The molecule has 4 nitrogen and oxygen atoms in total. The van der Waals surface area contributed by atoms with Gasteiger partial charge in [0, 0.05) is 16.5 Å². The molecule has 0 saturated carbocycles. The number of halogens is 2. The molecule has 6 heteroatoms. The van der Waals surface area contributed by atoms with Gasteiger partial charge in [-0.05, 0) is 25.1 Å². The van der Waals surface area contributed by atoms with Crippen LogP contribution in [0.3, 0.4) is 0 Å². The lowest BCUT2D eigenvalue weighted by atomic mass is 10.2. The van der Waals surface area contributed by atoms with Gasteiger partial charge in [-0.15, -0.1) is 0 Å².